The molecule has 0 aromatic rings. The lowest BCUT2D eigenvalue weighted by Crippen LogP contribution is -2.48. The molecule has 0 aliphatic carbocycles. The summed E-state index contributed by atoms with van der Waals surface area (Å²) in [5, 5.41) is 2.82. The summed E-state index contributed by atoms with van der Waals surface area (Å²) in [6, 6.07) is -0.459. The maximum atomic E-state index is 11.8. The number of carbonyl (C=O) groups is 1. The van der Waals surface area contributed by atoms with Crippen molar-refractivity contribution in [2.24, 2.45) is 5.73 Å². The lowest BCUT2D eigenvalue weighted by molar-refractivity contribution is -0.122. The molecule has 1 rings (SSSR count). The predicted octanol–water partition coefficient (Wildman–Crippen LogP) is -0.261. The van der Waals surface area contributed by atoms with E-state index in [1.165, 1.54) is 19.3 Å². The van der Waals surface area contributed by atoms with Gasteiger partial charge in [-0.25, -0.2) is 8.42 Å². The molecule has 6 nitrogen and oxygen atoms in total. The van der Waals surface area contributed by atoms with Crippen LogP contribution in [0.2, 0.25) is 0 Å². The number of likely N-dealkylation sites (tertiary alicyclic amines) is 1. The number of piperidine rings is 1. The van der Waals surface area contributed by atoms with E-state index in [4.69, 9.17) is 5.73 Å². The molecule has 1 saturated heterocycles. The highest BCUT2D eigenvalue weighted by molar-refractivity contribution is 7.90. The maximum Gasteiger partial charge on any atom is 0.237 e. The molecule has 118 valence electrons. The molecule has 0 aromatic carbocycles. The van der Waals surface area contributed by atoms with Crippen LogP contribution in [0.25, 0.3) is 0 Å². The summed E-state index contributed by atoms with van der Waals surface area (Å²) >= 11 is 0. The number of nitrogens with zero attached hydrogens (tertiary/aromatic N) is 1. The van der Waals surface area contributed by atoms with Gasteiger partial charge in [-0.15, -0.1) is 0 Å². The molecular weight excluding hydrogens is 278 g/mol. The zero-order valence-corrected chi connectivity index (χ0v) is 13.3. The molecule has 20 heavy (non-hydrogen) atoms. The van der Waals surface area contributed by atoms with Crippen LogP contribution in [-0.4, -0.2) is 63.0 Å². The second-order valence-electron chi connectivity index (χ2n) is 5.72. The Hall–Kier alpha value is -0.660. The number of hydrogen-bond donors (Lipinski definition) is 2. The topological polar surface area (TPSA) is 92.5 Å². The third kappa shape index (κ3) is 6.67. The monoisotopic (exact) mass is 305 g/mol. The van der Waals surface area contributed by atoms with Crippen molar-refractivity contribution in [3.8, 4) is 0 Å². The first-order valence-corrected chi connectivity index (χ1v) is 9.30. The summed E-state index contributed by atoms with van der Waals surface area (Å²) in [6.45, 7) is 4.81. The molecule has 1 amide bonds. The number of nitrogens with one attached hydrogen (secondary N) is 1. The van der Waals surface area contributed by atoms with Crippen LogP contribution in [0.5, 0.6) is 0 Å². The van der Waals surface area contributed by atoms with Crippen molar-refractivity contribution in [1.82, 2.24) is 10.2 Å². The van der Waals surface area contributed by atoms with Crippen molar-refractivity contribution in [1.29, 1.82) is 0 Å². The second kappa shape index (κ2) is 7.95. The Bertz CT molecular complexity index is 405. The zero-order chi connectivity index (χ0) is 15.2. The normalized spacial score (nSPS) is 20.4. The van der Waals surface area contributed by atoms with Gasteiger partial charge in [0, 0.05) is 18.8 Å². The average molecular weight is 305 g/mol. The molecule has 2 atom stereocenters. The van der Waals surface area contributed by atoms with Gasteiger partial charge >= 0.3 is 0 Å². The van der Waals surface area contributed by atoms with Crippen molar-refractivity contribution >= 4 is 15.7 Å². The summed E-state index contributed by atoms with van der Waals surface area (Å²) in [5.74, 6) is -0.319. The minimum atomic E-state index is -3.07. The number of carbonyl (C=O) groups excluding carboxylic acids is 1. The number of sulfone groups is 1. The van der Waals surface area contributed by atoms with Crippen molar-refractivity contribution in [3.63, 3.8) is 0 Å². The first-order valence-electron chi connectivity index (χ1n) is 7.24. The van der Waals surface area contributed by atoms with E-state index >= 15 is 0 Å². The van der Waals surface area contributed by atoms with Crippen LogP contribution < -0.4 is 11.1 Å². The van der Waals surface area contributed by atoms with Crippen LogP contribution >= 0.6 is 0 Å². The van der Waals surface area contributed by atoms with E-state index in [1.807, 2.05) is 0 Å². The number of amides is 1. The van der Waals surface area contributed by atoms with Gasteiger partial charge in [0.2, 0.25) is 5.91 Å². The van der Waals surface area contributed by atoms with Crippen molar-refractivity contribution in [2.75, 3.05) is 31.6 Å². The molecule has 0 saturated carbocycles. The zero-order valence-electron chi connectivity index (χ0n) is 12.5. The van der Waals surface area contributed by atoms with E-state index in [0.717, 1.165) is 19.3 Å². The molecule has 2 unspecified atom stereocenters. The Morgan fingerprint density at radius 1 is 1.30 bits per heavy atom. The standard InChI is InChI=1S/C13H27N3O3S/c1-11(16-7-4-3-5-8-16)10-15-13(17)12(14)6-9-20(2,18)19/h11-12H,3-10,14H2,1-2H3,(H,15,17). The minimum Gasteiger partial charge on any atom is -0.353 e. The van der Waals surface area contributed by atoms with Crippen LogP contribution in [0.15, 0.2) is 0 Å². The van der Waals surface area contributed by atoms with Crippen molar-refractivity contribution < 1.29 is 13.2 Å². The summed E-state index contributed by atoms with van der Waals surface area (Å²) < 4.78 is 22.1. The minimum absolute atomic E-state index is 0.0523. The van der Waals surface area contributed by atoms with Gasteiger partial charge in [-0.3, -0.25) is 9.69 Å². The van der Waals surface area contributed by atoms with E-state index in [9.17, 15) is 13.2 Å². The third-order valence-electron chi connectivity index (χ3n) is 3.72. The smallest absolute Gasteiger partial charge is 0.237 e. The molecule has 0 bridgehead atoms. The van der Waals surface area contributed by atoms with Gasteiger partial charge in [0.15, 0.2) is 0 Å². The Morgan fingerprint density at radius 3 is 2.45 bits per heavy atom. The fourth-order valence-electron chi connectivity index (χ4n) is 2.34. The Morgan fingerprint density at radius 2 is 1.90 bits per heavy atom. The van der Waals surface area contributed by atoms with Gasteiger partial charge < -0.3 is 11.1 Å². The predicted molar refractivity (Wildman–Crippen MR) is 80.2 cm³/mol. The maximum absolute atomic E-state index is 11.8. The molecule has 0 radical (unpaired) electrons. The summed E-state index contributed by atoms with van der Waals surface area (Å²) in [7, 11) is -3.07. The molecule has 1 fully saturated rings. The summed E-state index contributed by atoms with van der Waals surface area (Å²) in [6.07, 6.45) is 5.03. The lowest BCUT2D eigenvalue weighted by atomic mass is 10.1. The Balaban J connectivity index is 2.27. The summed E-state index contributed by atoms with van der Waals surface area (Å²) in [5.41, 5.74) is 5.70. The largest absolute Gasteiger partial charge is 0.353 e. The van der Waals surface area contributed by atoms with Gasteiger partial charge in [-0.2, -0.15) is 0 Å². The summed E-state index contributed by atoms with van der Waals surface area (Å²) in [4.78, 5) is 14.2. The number of rotatable bonds is 7. The van der Waals surface area contributed by atoms with E-state index in [-0.39, 0.29) is 18.1 Å². The van der Waals surface area contributed by atoms with E-state index in [1.54, 1.807) is 0 Å². The Labute approximate surface area is 122 Å². The van der Waals surface area contributed by atoms with E-state index in [2.05, 4.69) is 17.1 Å². The third-order valence-corrected chi connectivity index (χ3v) is 4.70. The molecule has 1 aliphatic rings. The number of hydrogen-bond acceptors (Lipinski definition) is 5. The van der Waals surface area contributed by atoms with Gasteiger partial charge in [0.1, 0.15) is 9.84 Å². The van der Waals surface area contributed by atoms with Crippen molar-refractivity contribution in [3.05, 3.63) is 0 Å². The first-order chi connectivity index (χ1) is 9.29. The molecular formula is C13H27N3O3S. The van der Waals surface area contributed by atoms with Gasteiger partial charge in [0.05, 0.1) is 11.8 Å². The molecule has 7 heteroatoms. The number of nitrogens with two attached hydrogens (primary N) is 1. The first kappa shape index (κ1) is 17.4. The second-order valence-corrected chi connectivity index (χ2v) is 7.98. The van der Waals surface area contributed by atoms with E-state index < -0.39 is 15.9 Å². The molecule has 3 N–H and O–H groups in total. The van der Waals surface area contributed by atoms with E-state index in [0.29, 0.717) is 12.6 Å². The molecule has 1 heterocycles. The molecule has 1 aliphatic heterocycles. The van der Waals surface area contributed by atoms with Crippen LogP contribution in [-0.2, 0) is 14.6 Å². The fourth-order valence-corrected chi connectivity index (χ4v) is 3.02. The Kier molecular flexibility index (Phi) is 6.91. The SMILES string of the molecule is CC(CNC(=O)C(N)CCS(C)(=O)=O)N1CCCCC1. The highest BCUT2D eigenvalue weighted by Crippen LogP contribution is 2.11. The van der Waals surface area contributed by atoms with Gasteiger partial charge in [-0.1, -0.05) is 6.42 Å². The average Bonchev–Trinajstić information content (AvgIpc) is 2.41. The van der Waals surface area contributed by atoms with Crippen molar-refractivity contribution in [2.45, 2.75) is 44.7 Å². The molecule has 0 aromatic heterocycles. The highest BCUT2D eigenvalue weighted by Gasteiger charge is 2.19. The highest BCUT2D eigenvalue weighted by atomic mass is 32.2. The quantitative estimate of drug-likeness (QED) is 0.676. The molecule has 0 spiro atoms. The van der Waals surface area contributed by atoms with Crippen LogP contribution in [0.1, 0.15) is 32.6 Å². The fraction of sp³-hybridized carbons (Fsp3) is 0.923. The lowest BCUT2D eigenvalue weighted by Gasteiger charge is -2.32. The van der Waals surface area contributed by atoms with Gasteiger partial charge in [-0.05, 0) is 39.3 Å². The van der Waals surface area contributed by atoms with Crippen LogP contribution in [0.3, 0.4) is 0 Å². The van der Waals surface area contributed by atoms with Crippen LogP contribution in [0, 0.1) is 0 Å². The van der Waals surface area contributed by atoms with Crippen LogP contribution in [0.4, 0.5) is 0 Å². The van der Waals surface area contributed by atoms with Gasteiger partial charge in [0.25, 0.3) is 0 Å².